The summed E-state index contributed by atoms with van der Waals surface area (Å²) in [5.41, 5.74) is 0.769. The Labute approximate surface area is 140 Å². The van der Waals surface area contributed by atoms with Gasteiger partial charge in [-0.15, -0.1) is 0 Å². The maximum Gasteiger partial charge on any atom is 0.315 e. The predicted octanol–water partition coefficient (Wildman–Crippen LogP) is 1.98. The van der Waals surface area contributed by atoms with Crippen molar-refractivity contribution in [3.63, 3.8) is 0 Å². The van der Waals surface area contributed by atoms with Gasteiger partial charge in [-0.25, -0.2) is 14.2 Å². The minimum absolute atomic E-state index is 0.278. The Bertz CT molecular complexity index is 680. The maximum absolute atomic E-state index is 13.2. The number of carbonyl (C=O) groups is 1. The van der Waals surface area contributed by atoms with Gasteiger partial charge in [0, 0.05) is 38.5 Å². The number of imidazole rings is 1. The highest BCUT2D eigenvalue weighted by Crippen LogP contribution is 2.20. The number of ether oxygens (including phenoxy) is 1. The molecule has 1 fully saturated rings. The lowest BCUT2D eigenvalue weighted by Crippen LogP contribution is -2.41. The molecule has 6 nitrogen and oxygen atoms in total. The Kier molecular flexibility index (Phi) is 5.10. The lowest BCUT2D eigenvalue weighted by Gasteiger charge is -2.20. The molecule has 0 bridgehead atoms. The summed E-state index contributed by atoms with van der Waals surface area (Å²) < 4.78 is 20.3. The van der Waals surface area contributed by atoms with Gasteiger partial charge in [0.05, 0.1) is 6.61 Å². The van der Waals surface area contributed by atoms with Crippen LogP contribution in [0.3, 0.4) is 0 Å². The number of benzene rings is 1. The van der Waals surface area contributed by atoms with Crippen molar-refractivity contribution in [2.24, 2.45) is 13.0 Å². The summed E-state index contributed by atoms with van der Waals surface area (Å²) in [6.07, 6.45) is 4.43. The fourth-order valence-corrected chi connectivity index (χ4v) is 2.77. The largest absolute Gasteiger partial charge is 0.381 e. The third-order valence-corrected chi connectivity index (χ3v) is 4.17. The molecule has 1 saturated heterocycles. The van der Waals surface area contributed by atoms with E-state index in [1.165, 1.54) is 12.1 Å². The number of carbonyl (C=O) groups excluding carboxylic acids is 1. The van der Waals surface area contributed by atoms with Crippen molar-refractivity contribution in [3.8, 4) is 0 Å². The van der Waals surface area contributed by atoms with Crippen LogP contribution < -0.4 is 10.6 Å². The second-order valence-corrected chi connectivity index (χ2v) is 5.96. The number of hydrogen-bond donors (Lipinski definition) is 2. The number of urea groups is 1. The van der Waals surface area contributed by atoms with Crippen molar-refractivity contribution < 1.29 is 13.9 Å². The molecule has 0 saturated carbocycles. The van der Waals surface area contributed by atoms with Crippen molar-refractivity contribution in [1.82, 2.24) is 20.2 Å². The van der Waals surface area contributed by atoms with Crippen LogP contribution in [-0.4, -0.2) is 35.3 Å². The van der Waals surface area contributed by atoms with Crippen LogP contribution in [-0.2, 0) is 11.8 Å². The van der Waals surface area contributed by atoms with Crippen molar-refractivity contribution in [2.75, 3.05) is 19.8 Å². The summed E-state index contributed by atoms with van der Waals surface area (Å²) in [6.45, 7) is 2.00. The Balaban J connectivity index is 1.71. The number of halogens is 1. The standard InChI is InChI=1S/C17H21FN4O2/c1-22-8-7-19-16(22)15(13-2-4-14(18)5-3-13)21-17(23)20-10-12-6-9-24-11-12/h2-5,7-8,12,15H,6,9-11H2,1H3,(H2,20,21,23)/t12-,15+/m1/s1. The van der Waals surface area contributed by atoms with Gasteiger partial charge in [-0.3, -0.25) is 0 Å². The smallest absolute Gasteiger partial charge is 0.315 e. The van der Waals surface area contributed by atoms with Crippen LogP contribution >= 0.6 is 0 Å². The van der Waals surface area contributed by atoms with Crippen LogP contribution in [0.5, 0.6) is 0 Å². The van der Waals surface area contributed by atoms with Crippen LogP contribution in [0.4, 0.5) is 9.18 Å². The molecule has 1 aliphatic rings. The Morgan fingerprint density at radius 3 is 2.88 bits per heavy atom. The van der Waals surface area contributed by atoms with Gasteiger partial charge in [0.1, 0.15) is 17.7 Å². The average Bonchev–Trinajstić information content (AvgIpc) is 3.23. The number of rotatable bonds is 5. The SMILES string of the molecule is Cn1ccnc1[C@@H](NC(=O)NC[C@H]1CCOC1)c1ccc(F)cc1. The number of amides is 2. The first kappa shape index (κ1) is 16.4. The highest BCUT2D eigenvalue weighted by Gasteiger charge is 2.22. The molecule has 2 amide bonds. The molecule has 2 aromatic rings. The van der Waals surface area contributed by atoms with E-state index in [1.807, 2.05) is 11.6 Å². The summed E-state index contributed by atoms with van der Waals surface area (Å²) in [5, 5.41) is 5.80. The van der Waals surface area contributed by atoms with Gasteiger partial charge in [-0.05, 0) is 24.1 Å². The molecule has 1 aromatic carbocycles. The maximum atomic E-state index is 13.2. The summed E-state index contributed by atoms with van der Waals surface area (Å²) in [4.78, 5) is 16.6. The van der Waals surface area contributed by atoms with E-state index in [4.69, 9.17) is 4.74 Å². The normalized spacial score (nSPS) is 18.3. The minimum atomic E-state index is -0.453. The molecule has 0 aliphatic carbocycles. The first-order valence-corrected chi connectivity index (χ1v) is 7.98. The van der Waals surface area contributed by atoms with Gasteiger partial charge >= 0.3 is 6.03 Å². The molecular weight excluding hydrogens is 311 g/mol. The predicted molar refractivity (Wildman–Crippen MR) is 86.9 cm³/mol. The summed E-state index contributed by atoms with van der Waals surface area (Å²) in [7, 11) is 1.86. The Morgan fingerprint density at radius 2 is 2.25 bits per heavy atom. The van der Waals surface area contributed by atoms with Gasteiger partial charge in [-0.2, -0.15) is 0 Å². The summed E-state index contributed by atoms with van der Waals surface area (Å²) in [5.74, 6) is 0.720. The van der Waals surface area contributed by atoms with E-state index >= 15 is 0 Å². The molecule has 1 aromatic heterocycles. The molecule has 2 atom stereocenters. The molecule has 2 heterocycles. The molecule has 1 aliphatic heterocycles. The van der Waals surface area contributed by atoms with Gasteiger partial charge < -0.3 is 19.9 Å². The quantitative estimate of drug-likeness (QED) is 0.880. The molecule has 24 heavy (non-hydrogen) atoms. The van der Waals surface area contributed by atoms with Crippen molar-refractivity contribution in [1.29, 1.82) is 0 Å². The second kappa shape index (κ2) is 7.44. The monoisotopic (exact) mass is 332 g/mol. The average molecular weight is 332 g/mol. The van der Waals surface area contributed by atoms with E-state index in [0.717, 1.165) is 18.6 Å². The van der Waals surface area contributed by atoms with E-state index in [-0.39, 0.29) is 11.8 Å². The van der Waals surface area contributed by atoms with Crippen molar-refractivity contribution in [3.05, 3.63) is 53.9 Å². The van der Waals surface area contributed by atoms with Crippen LogP contribution in [0.1, 0.15) is 23.9 Å². The molecule has 128 valence electrons. The van der Waals surface area contributed by atoms with Gasteiger partial charge in [0.2, 0.25) is 0 Å². The zero-order valence-corrected chi connectivity index (χ0v) is 13.5. The third kappa shape index (κ3) is 3.91. The number of nitrogens with one attached hydrogen (secondary N) is 2. The Morgan fingerprint density at radius 1 is 1.46 bits per heavy atom. The number of hydrogen-bond acceptors (Lipinski definition) is 3. The molecule has 2 N–H and O–H groups in total. The molecule has 0 unspecified atom stereocenters. The summed E-state index contributed by atoms with van der Waals surface area (Å²) in [6, 6.07) is 5.32. The van der Waals surface area contributed by atoms with Gasteiger partial charge in [-0.1, -0.05) is 12.1 Å². The zero-order valence-electron chi connectivity index (χ0n) is 13.5. The molecular formula is C17H21FN4O2. The van der Waals surface area contributed by atoms with E-state index in [9.17, 15) is 9.18 Å². The van der Waals surface area contributed by atoms with Crippen LogP contribution in [0.15, 0.2) is 36.7 Å². The lowest BCUT2D eigenvalue weighted by atomic mass is 10.1. The van der Waals surface area contributed by atoms with E-state index in [1.54, 1.807) is 24.5 Å². The van der Waals surface area contributed by atoms with E-state index < -0.39 is 6.04 Å². The molecule has 7 heteroatoms. The minimum Gasteiger partial charge on any atom is -0.381 e. The highest BCUT2D eigenvalue weighted by molar-refractivity contribution is 5.74. The van der Waals surface area contributed by atoms with E-state index in [0.29, 0.717) is 24.9 Å². The molecule has 0 radical (unpaired) electrons. The number of aryl methyl sites for hydroxylation is 1. The van der Waals surface area contributed by atoms with Crippen LogP contribution in [0, 0.1) is 11.7 Å². The lowest BCUT2D eigenvalue weighted by molar-refractivity contribution is 0.185. The fourth-order valence-electron chi connectivity index (χ4n) is 2.77. The zero-order chi connectivity index (χ0) is 16.9. The third-order valence-electron chi connectivity index (χ3n) is 4.17. The highest BCUT2D eigenvalue weighted by atomic mass is 19.1. The Hall–Kier alpha value is -2.41. The second-order valence-electron chi connectivity index (χ2n) is 5.96. The van der Waals surface area contributed by atoms with Crippen molar-refractivity contribution in [2.45, 2.75) is 12.5 Å². The van der Waals surface area contributed by atoms with Gasteiger partial charge in [0.15, 0.2) is 0 Å². The first-order valence-electron chi connectivity index (χ1n) is 7.98. The molecule has 0 spiro atoms. The van der Waals surface area contributed by atoms with Crippen LogP contribution in [0.25, 0.3) is 0 Å². The van der Waals surface area contributed by atoms with E-state index in [2.05, 4.69) is 15.6 Å². The van der Waals surface area contributed by atoms with Crippen molar-refractivity contribution >= 4 is 6.03 Å². The molecule has 3 rings (SSSR count). The first-order chi connectivity index (χ1) is 11.6. The van der Waals surface area contributed by atoms with Gasteiger partial charge in [0.25, 0.3) is 0 Å². The number of nitrogens with zero attached hydrogens (tertiary/aromatic N) is 2. The topological polar surface area (TPSA) is 68.2 Å². The number of aromatic nitrogens is 2. The van der Waals surface area contributed by atoms with Crippen LogP contribution in [0.2, 0.25) is 0 Å². The summed E-state index contributed by atoms with van der Waals surface area (Å²) >= 11 is 0. The fraction of sp³-hybridized carbons (Fsp3) is 0.412.